The molecule has 3 heterocycles. The van der Waals surface area contributed by atoms with E-state index in [9.17, 15) is 14.3 Å². The molecule has 6 nitrogen and oxygen atoms in total. The molecule has 0 spiro atoms. The first-order valence-corrected chi connectivity index (χ1v) is 11.5. The van der Waals surface area contributed by atoms with Crippen LogP contribution < -0.4 is 5.73 Å². The number of hydrazone groups is 1. The molecular weight excluding hydrogens is 451 g/mol. The number of halogens is 1. The number of hydrogen-bond donors (Lipinski definition) is 2. The third-order valence-electron chi connectivity index (χ3n) is 5.77. The number of carbonyl (C=O) groups excluding carboxylic acids is 1. The van der Waals surface area contributed by atoms with Gasteiger partial charge in [-0.15, -0.1) is 11.3 Å². The van der Waals surface area contributed by atoms with Crippen molar-refractivity contribution in [2.75, 3.05) is 0 Å². The van der Waals surface area contributed by atoms with Gasteiger partial charge in [-0.3, -0.25) is 9.78 Å². The van der Waals surface area contributed by atoms with Crippen molar-refractivity contribution in [2.24, 2.45) is 10.8 Å². The Bertz CT molecular complexity index is 1400. The van der Waals surface area contributed by atoms with Crippen LogP contribution in [-0.4, -0.2) is 26.7 Å². The Morgan fingerprint density at radius 2 is 1.91 bits per heavy atom. The summed E-state index contributed by atoms with van der Waals surface area (Å²) < 4.78 is 13.8. The molecule has 0 aliphatic carbocycles. The summed E-state index contributed by atoms with van der Waals surface area (Å²) in [4.78, 5) is 19.0. The number of phenols is 1. The lowest BCUT2D eigenvalue weighted by atomic mass is 9.98. The van der Waals surface area contributed by atoms with Crippen LogP contribution in [0.1, 0.15) is 38.8 Å². The molecule has 170 valence electrons. The zero-order chi connectivity index (χ0) is 23.7. The average Bonchev–Trinajstić information content (AvgIpc) is 3.52. The van der Waals surface area contributed by atoms with E-state index in [4.69, 9.17) is 5.73 Å². The van der Waals surface area contributed by atoms with E-state index in [2.05, 4.69) is 10.1 Å². The van der Waals surface area contributed by atoms with Crippen molar-refractivity contribution < 1.29 is 14.3 Å². The number of benzene rings is 2. The van der Waals surface area contributed by atoms with Crippen LogP contribution in [0, 0.1) is 5.82 Å². The van der Waals surface area contributed by atoms with Gasteiger partial charge in [0.1, 0.15) is 11.6 Å². The molecule has 8 heteroatoms. The summed E-state index contributed by atoms with van der Waals surface area (Å²) in [7, 11) is 0. The van der Waals surface area contributed by atoms with Gasteiger partial charge in [0.15, 0.2) is 0 Å². The summed E-state index contributed by atoms with van der Waals surface area (Å²) in [6.45, 7) is 0.397. The number of aromatic nitrogens is 1. The normalized spacial score (nSPS) is 15.4. The molecule has 34 heavy (non-hydrogen) atoms. The molecule has 0 saturated carbocycles. The number of pyridine rings is 1. The van der Waals surface area contributed by atoms with E-state index in [1.54, 1.807) is 30.3 Å². The molecule has 0 saturated heterocycles. The van der Waals surface area contributed by atoms with E-state index in [0.29, 0.717) is 34.7 Å². The number of phenolic OH excluding ortho intramolecular Hbond substituents is 1. The number of nitrogens with zero attached hydrogens (tertiary/aromatic N) is 3. The van der Waals surface area contributed by atoms with Gasteiger partial charge >= 0.3 is 0 Å². The topological polar surface area (TPSA) is 91.8 Å². The molecule has 3 N–H and O–H groups in total. The van der Waals surface area contributed by atoms with Gasteiger partial charge in [-0.05, 0) is 35.4 Å². The number of para-hydroxylation sites is 1. The lowest BCUT2D eigenvalue weighted by Gasteiger charge is -2.22. The van der Waals surface area contributed by atoms with E-state index >= 15 is 0 Å². The average molecular weight is 473 g/mol. The maximum absolute atomic E-state index is 13.8. The molecule has 1 unspecified atom stereocenters. The molecule has 0 fully saturated rings. The van der Waals surface area contributed by atoms with Crippen LogP contribution in [0.2, 0.25) is 0 Å². The number of carbonyl (C=O) groups is 1. The van der Waals surface area contributed by atoms with Crippen molar-refractivity contribution in [2.45, 2.75) is 19.0 Å². The van der Waals surface area contributed by atoms with E-state index in [1.807, 2.05) is 30.3 Å². The fourth-order valence-corrected chi connectivity index (χ4v) is 5.10. The Kier molecular flexibility index (Phi) is 5.91. The van der Waals surface area contributed by atoms with E-state index in [1.165, 1.54) is 28.6 Å². The quantitative estimate of drug-likeness (QED) is 0.422. The lowest BCUT2D eigenvalue weighted by Crippen LogP contribution is -2.26. The van der Waals surface area contributed by atoms with Gasteiger partial charge in [-0.1, -0.05) is 42.5 Å². The minimum absolute atomic E-state index is 0.0721. The Hall–Kier alpha value is -3.88. The summed E-state index contributed by atoms with van der Waals surface area (Å²) in [5, 5.41) is 16.4. The number of thiophene rings is 1. The largest absolute Gasteiger partial charge is 0.508 e. The number of aromatic hydroxyl groups is 1. The van der Waals surface area contributed by atoms with Crippen LogP contribution in [0.15, 0.2) is 84.2 Å². The molecule has 0 radical (unpaired) electrons. The van der Waals surface area contributed by atoms with Gasteiger partial charge in [0.2, 0.25) is 0 Å². The first-order valence-electron chi connectivity index (χ1n) is 10.7. The summed E-state index contributed by atoms with van der Waals surface area (Å²) in [5.74, 6) is -0.706. The fourth-order valence-electron chi connectivity index (χ4n) is 4.10. The molecule has 5 rings (SSSR count). The minimum atomic E-state index is -0.533. The maximum atomic E-state index is 13.8. The second-order valence-corrected chi connectivity index (χ2v) is 8.98. The van der Waals surface area contributed by atoms with Crippen LogP contribution in [0.5, 0.6) is 5.75 Å². The van der Waals surface area contributed by atoms with Crippen LogP contribution in [0.25, 0.3) is 10.4 Å². The molecular formula is C26H21FN4O2S. The van der Waals surface area contributed by atoms with E-state index in [0.717, 1.165) is 22.2 Å². The molecule has 1 atom stereocenters. The van der Waals surface area contributed by atoms with Crippen molar-refractivity contribution in [3.8, 4) is 16.2 Å². The predicted octanol–water partition coefficient (Wildman–Crippen LogP) is 5.11. The Balaban J connectivity index is 1.53. The fraction of sp³-hybridized carbons (Fsp3) is 0.115. The maximum Gasteiger partial charge on any atom is 0.284 e. The Morgan fingerprint density at radius 1 is 1.12 bits per heavy atom. The van der Waals surface area contributed by atoms with Crippen LogP contribution in [-0.2, 0) is 6.54 Å². The molecule has 0 bridgehead atoms. The molecule has 1 amide bonds. The van der Waals surface area contributed by atoms with Crippen LogP contribution in [0.4, 0.5) is 4.39 Å². The SMILES string of the molecule is NCc1ccccc1-c1ccc(C(=O)N2N=C(c3cncc(F)c3)CC2c2ccccc2O)s1. The highest BCUT2D eigenvalue weighted by Crippen LogP contribution is 2.39. The van der Waals surface area contributed by atoms with Gasteiger partial charge in [-0.25, -0.2) is 9.40 Å². The highest BCUT2D eigenvalue weighted by atomic mass is 32.1. The van der Waals surface area contributed by atoms with Crippen molar-refractivity contribution in [1.29, 1.82) is 0 Å². The van der Waals surface area contributed by atoms with Crippen LogP contribution in [0.3, 0.4) is 0 Å². The number of nitrogens with two attached hydrogens (primary N) is 1. The zero-order valence-electron chi connectivity index (χ0n) is 18.1. The van der Waals surface area contributed by atoms with Crippen molar-refractivity contribution in [1.82, 2.24) is 9.99 Å². The second-order valence-electron chi connectivity index (χ2n) is 7.89. The minimum Gasteiger partial charge on any atom is -0.508 e. The number of amides is 1. The van der Waals surface area contributed by atoms with E-state index < -0.39 is 11.9 Å². The highest BCUT2D eigenvalue weighted by molar-refractivity contribution is 7.17. The van der Waals surface area contributed by atoms with Gasteiger partial charge < -0.3 is 10.8 Å². The first kappa shape index (κ1) is 21.9. The van der Waals surface area contributed by atoms with Gasteiger partial charge in [0, 0.05) is 35.2 Å². The monoisotopic (exact) mass is 472 g/mol. The van der Waals surface area contributed by atoms with Crippen molar-refractivity contribution in [3.63, 3.8) is 0 Å². The standard InChI is InChI=1S/C26H21FN4O2S/c27-18-11-17(14-29-15-18)21-12-22(20-7-3-4-8-23(20)32)31(30-21)26(33)25-10-9-24(34-25)19-6-2-1-5-16(19)13-28/h1-11,14-15,22,32H,12-13,28H2. The van der Waals surface area contributed by atoms with Gasteiger partial charge in [0.25, 0.3) is 5.91 Å². The summed E-state index contributed by atoms with van der Waals surface area (Å²) in [6.07, 6.45) is 2.96. The first-order chi connectivity index (χ1) is 16.5. The Labute approximate surface area is 199 Å². The summed E-state index contributed by atoms with van der Waals surface area (Å²) in [6, 6.07) is 19.2. The molecule has 2 aromatic carbocycles. The van der Waals surface area contributed by atoms with Crippen molar-refractivity contribution >= 4 is 23.0 Å². The second kappa shape index (κ2) is 9.17. The third-order valence-corrected chi connectivity index (χ3v) is 6.88. The zero-order valence-corrected chi connectivity index (χ0v) is 18.9. The Morgan fingerprint density at radius 3 is 2.71 bits per heavy atom. The number of hydrogen-bond acceptors (Lipinski definition) is 6. The summed E-state index contributed by atoms with van der Waals surface area (Å²) >= 11 is 1.36. The van der Waals surface area contributed by atoms with E-state index in [-0.39, 0.29) is 11.7 Å². The smallest absolute Gasteiger partial charge is 0.284 e. The molecule has 2 aromatic heterocycles. The lowest BCUT2D eigenvalue weighted by molar-refractivity contribution is 0.0714. The summed E-state index contributed by atoms with van der Waals surface area (Å²) in [5.41, 5.74) is 9.47. The van der Waals surface area contributed by atoms with Gasteiger partial charge in [0.05, 0.1) is 22.8 Å². The van der Waals surface area contributed by atoms with Gasteiger partial charge in [-0.2, -0.15) is 5.10 Å². The number of rotatable bonds is 5. The van der Waals surface area contributed by atoms with Crippen molar-refractivity contribution in [3.05, 3.63) is 107 Å². The molecule has 1 aliphatic heterocycles. The highest BCUT2D eigenvalue weighted by Gasteiger charge is 2.35. The predicted molar refractivity (Wildman–Crippen MR) is 130 cm³/mol. The third kappa shape index (κ3) is 4.09. The molecule has 1 aliphatic rings. The van der Waals surface area contributed by atoms with Crippen LogP contribution >= 0.6 is 11.3 Å². The molecule has 4 aromatic rings.